The molecule has 0 bridgehead atoms. The zero-order valence-corrected chi connectivity index (χ0v) is 33.6. The highest BCUT2D eigenvalue weighted by Crippen LogP contribution is 2.45. The molecule has 61 heavy (non-hydrogen) atoms. The highest BCUT2D eigenvalue weighted by molar-refractivity contribution is 5.92. The molecule has 1 heterocycles. The van der Waals surface area contributed by atoms with Gasteiger partial charge in [0.1, 0.15) is 12.2 Å². The van der Waals surface area contributed by atoms with Crippen LogP contribution in [0, 0.1) is 0 Å². The smallest absolute Gasteiger partial charge is 0.338 e. The third kappa shape index (κ3) is 9.70. The van der Waals surface area contributed by atoms with Crippen molar-refractivity contribution in [2.24, 2.45) is 0 Å². The number of hydrogen-bond donors (Lipinski definition) is 2. The van der Waals surface area contributed by atoms with Gasteiger partial charge in [-0.05, 0) is 97.1 Å². The normalized spacial score (nSPS) is 20.1. The van der Waals surface area contributed by atoms with Crippen molar-refractivity contribution in [2.75, 3.05) is 5.73 Å². The van der Waals surface area contributed by atoms with Crippen LogP contribution in [-0.4, -0.2) is 59.5 Å². The van der Waals surface area contributed by atoms with Gasteiger partial charge in [-0.3, -0.25) is 0 Å². The highest BCUT2D eigenvalue weighted by Gasteiger charge is 2.62. The molecule has 0 spiro atoms. The number of aryl methyl sites for hydroxylation is 1. The maximum absolute atomic E-state index is 14.2. The molecule has 11 heteroatoms. The number of aliphatic hydroxyl groups is 1. The van der Waals surface area contributed by atoms with E-state index in [1.54, 1.807) is 97.1 Å². The van der Waals surface area contributed by atoms with E-state index in [-0.39, 0.29) is 39.9 Å². The Morgan fingerprint density at radius 2 is 1.05 bits per heavy atom. The van der Waals surface area contributed by atoms with Crippen molar-refractivity contribution in [1.29, 1.82) is 0 Å². The van der Waals surface area contributed by atoms with Gasteiger partial charge in [-0.1, -0.05) is 110 Å². The van der Waals surface area contributed by atoms with Crippen LogP contribution in [0.2, 0.25) is 0 Å². The van der Waals surface area contributed by atoms with Gasteiger partial charge in [0.05, 0.1) is 22.3 Å². The second-order valence-electron chi connectivity index (χ2n) is 14.7. The van der Waals surface area contributed by atoms with Gasteiger partial charge in [0, 0.05) is 11.3 Å². The standard InChI is InChI=1S/C50H45NO10/c1-3-33-24-26-34(27-25-33)30-39-28-29-40(51)31-41(39)50(56)45(60-49(55)38-22-14-7-15-23-38)44(59-48(54)37-20-12-6-13-21-37)43(58-47(53)36-18-10-5-11-19-36)42(61-50)32(2)57-46(52)35-16-8-4-9-17-35/h4-29,31-32,42-45,56H,3,30,51H2,1-2H3/t32-,42+,43+,44-,45+,50+/m0/s1. The summed E-state index contributed by atoms with van der Waals surface area (Å²) >= 11 is 0. The summed E-state index contributed by atoms with van der Waals surface area (Å²) in [6.07, 6.45) is -7.17. The predicted molar refractivity (Wildman–Crippen MR) is 227 cm³/mol. The molecule has 1 saturated heterocycles. The fourth-order valence-electron chi connectivity index (χ4n) is 7.27. The third-order valence-corrected chi connectivity index (χ3v) is 10.5. The van der Waals surface area contributed by atoms with E-state index in [0.29, 0.717) is 5.56 Å². The van der Waals surface area contributed by atoms with Crippen molar-refractivity contribution in [3.05, 3.63) is 208 Å². The summed E-state index contributed by atoms with van der Waals surface area (Å²) in [4.78, 5) is 56.0. The van der Waals surface area contributed by atoms with Crippen molar-refractivity contribution in [2.45, 2.75) is 63.0 Å². The van der Waals surface area contributed by atoms with Crippen molar-refractivity contribution < 1.29 is 48.0 Å². The molecule has 0 saturated carbocycles. The van der Waals surface area contributed by atoms with E-state index in [9.17, 15) is 24.3 Å². The quantitative estimate of drug-likeness (QED) is 0.0663. The Kier molecular flexibility index (Phi) is 13.0. The molecule has 6 aromatic carbocycles. The van der Waals surface area contributed by atoms with Gasteiger partial charge in [0.25, 0.3) is 0 Å². The van der Waals surface area contributed by atoms with Crippen LogP contribution in [0.1, 0.15) is 77.5 Å². The SMILES string of the molecule is CCc1ccc(Cc2ccc(N)cc2[C@@]2(O)O[C@H]([C@H](C)OC(=O)c3ccccc3)[C@@H](OC(=O)c3ccccc3)[C@H](OC(=O)c3ccccc3)[C@H]2OC(=O)c2ccccc2)cc1. The largest absolute Gasteiger partial charge is 0.456 e. The molecule has 0 amide bonds. The van der Waals surface area contributed by atoms with Crippen LogP contribution in [-0.2, 0) is 42.3 Å². The summed E-state index contributed by atoms with van der Waals surface area (Å²) in [6.45, 7) is 3.55. The number of nitrogen functional groups attached to an aromatic ring is 1. The lowest BCUT2D eigenvalue weighted by Crippen LogP contribution is -2.68. The molecule has 1 fully saturated rings. The number of hydrogen-bond acceptors (Lipinski definition) is 11. The van der Waals surface area contributed by atoms with E-state index in [2.05, 4.69) is 6.92 Å². The fourth-order valence-corrected chi connectivity index (χ4v) is 7.27. The molecular formula is C50H45NO10. The zero-order valence-electron chi connectivity index (χ0n) is 33.6. The van der Waals surface area contributed by atoms with Crippen LogP contribution in [0.3, 0.4) is 0 Å². The average Bonchev–Trinajstić information content (AvgIpc) is 3.30. The number of nitrogens with two attached hydrogens (primary N) is 1. The summed E-state index contributed by atoms with van der Waals surface area (Å²) in [7, 11) is 0. The minimum atomic E-state index is -2.70. The van der Waals surface area contributed by atoms with E-state index in [1.165, 1.54) is 49.4 Å². The number of anilines is 1. The molecule has 0 aromatic heterocycles. The van der Waals surface area contributed by atoms with Crippen molar-refractivity contribution in [1.82, 2.24) is 0 Å². The van der Waals surface area contributed by atoms with Gasteiger partial charge in [-0.15, -0.1) is 0 Å². The van der Waals surface area contributed by atoms with Crippen LogP contribution >= 0.6 is 0 Å². The maximum atomic E-state index is 14.2. The summed E-state index contributed by atoms with van der Waals surface area (Å²) in [5.41, 5.74) is 9.81. The lowest BCUT2D eigenvalue weighted by Gasteiger charge is -2.50. The average molecular weight is 820 g/mol. The summed E-state index contributed by atoms with van der Waals surface area (Å²) in [5, 5.41) is 13.4. The monoisotopic (exact) mass is 819 g/mol. The topological polar surface area (TPSA) is 161 Å². The highest BCUT2D eigenvalue weighted by atomic mass is 16.7. The number of rotatable bonds is 13. The van der Waals surface area contributed by atoms with Gasteiger partial charge in [-0.25, -0.2) is 19.2 Å². The second kappa shape index (κ2) is 18.9. The molecule has 6 aromatic rings. The first-order chi connectivity index (χ1) is 29.5. The first kappa shape index (κ1) is 42.1. The Morgan fingerprint density at radius 3 is 1.54 bits per heavy atom. The minimum Gasteiger partial charge on any atom is -0.456 e. The Balaban J connectivity index is 1.42. The summed E-state index contributed by atoms with van der Waals surface area (Å²) < 4.78 is 31.4. The number of carbonyl (C=O) groups is 4. The van der Waals surface area contributed by atoms with E-state index in [1.807, 2.05) is 24.3 Å². The maximum Gasteiger partial charge on any atom is 0.338 e. The minimum absolute atomic E-state index is 0.0677. The number of esters is 4. The van der Waals surface area contributed by atoms with E-state index in [0.717, 1.165) is 17.5 Å². The van der Waals surface area contributed by atoms with Gasteiger partial charge < -0.3 is 34.5 Å². The molecule has 1 aliphatic heterocycles. The van der Waals surface area contributed by atoms with Crippen LogP contribution in [0.25, 0.3) is 0 Å². The van der Waals surface area contributed by atoms with Crippen molar-refractivity contribution in [3.8, 4) is 0 Å². The van der Waals surface area contributed by atoms with Gasteiger partial charge in [0.15, 0.2) is 12.2 Å². The molecular weight excluding hydrogens is 775 g/mol. The van der Waals surface area contributed by atoms with Crippen LogP contribution < -0.4 is 5.73 Å². The van der Waals surface area contributed by atoms with Gasteiger partial charge >= 0.3 is 23.9 Å². The lowest BCUT2D eigenvalue weighted by molar-refractivity contribution is -0.360. The molecule has 6 atom stereocenters. The number of carbonyl (C=O) groups excluding carboxylic acids is 4. The molecule has 11 nitrogen and oxygen atoms in total. The lowest BCUT2D eigenvalue weighted by atomic mass is 9.83. The molecule has 0 radical (unpaired) electrons. The first-order valence-corrected chi connectivity index (χ1v) is 19.9. The molecule has 0 unspecified atom stereocenters. The Morgan fingerprint density at radius 1 is 0.607 bits per heavy atom. The van der Waals surface area contributed by atoms with Gasteiger partial charge in [-0.2, -0.15) is 0 Å². The molecule has 3 N–H and O–H groups in total. The Hall–Kier alpha value is -7.08. The van der Waals surface area contributed by atoms with Crippen molar-refractivity contribution >= 4 is 29.6 Å². The third-order valence-electron chi connectivity index (χ3n) is 10.5. The van der Waals surface area contributed by atoms with Crippen LogP contribution in [0.15, 0.2) is 164 Å². The first-order valence-electron chi connectivity index (χ1n) is 19.9. The van der Waals surface area contributed by atoms with Crippen molar-refractivity contribution in [3.63, 3.8) is 0 Å². The Labute approximate surface area is 353 Å². The summed E-state index contributed by atoms with van der Waals surface area (Å²) in [5.74, 6) is -6.12. The number of ether oxygens (including phenoxy) is 5. The summed E-state index contributed by atoms with van der Waals surface area (Å²) in [6, 6.07) is 45.1. The fraction of sp³-hybridized carbons (Fsp3) is 0.200. The molecule has 7 rings (SSSR count). The van der Waals surface area contributed by atoms with Crippen LogP contribution in [0.5, 0.6) is 0 Å². The Bertz CT molecular complexity index is 2450. The van der Waals surface area contributed by atoms with E-state index < -0.39 is 60.2 Å². The van der Waals surface area contributed by atoms with E-state index in [4.69, 9.17) is 29.4 Å². The predicted octanol–water partition coefficient (Wildman–Crippen LogP) is 7.89. The van der Waals surface area contributed by atoms with E-state index >= 15 is 0 Å². The van der Waals surface area contributed by atoms with Crippen LogP contribution in [0.4, 0.5) is 5.69 Å². The van der Waals surface area contributed by atoms with Gasteiger partial charge in [0.2, 0.25) is 11.9 Å². The zero-order chi connectivity index (χ0) is 42.9. The molecule has 310 valence electrons. The molecule has 1 aliphatic rings. The number of benzene rings is 6. The molecule has 0 aliphatic carbocycles. The second-order valence-corrected chi connectivity index (χ2v) is 14.7.